The van der Waals surface area contributed by atoms with Crippen LogP contribution < -0.4 is 10.6 Å². The van der Waals surface area contributed by atoms with Gasteiger partial charge in [-0.15, -0.1) is 24.0 Å². The number of halogens is 1. The molecule has 2 N–H and O–H groups in total. The first-order valence-electron chi connectivity index (χ1n) is 11.4. The predicted octanol–water partition coefficient (Wildman–Crippen LogP) is 2.82. The fourth-order valence-electron chi connectivity index (χ4n) is 4.96. The highest BCUT2D eigenvalue weighted by Crippen LogP contribution is 2.26. The third-order valence-electron chi connectivity index (χ3n) is 6.69. The Morgan fingerprint density at radius 2 is 1.80 bits per heavy atom. The Labute approximate surface area is 198 Å². The molecule has 0 spiro atoms. The molecule has 3 aliphatic rings. The van der Waals surface area contributed by atoms with E-state index in [1.807, 2.05) is 7.05 Å². The molecule has 1 saturated carbocycles. The summed E-state index contributed by atoms with van der Waals surface area (Å²) >= 11 is 0. The Balaban J connectivity index is 0.00000256. The molecule has 0 aromatic heterocycles. The quantitative estimate of drug-likeness (QED) is 0.339. The highest BCUT2D eigenvalue weighted by atomic mass is 127. The van der Waals surface area contributed by atoms with E-state index in [4.69, 9.17) is 4.74 Å². The van der Waals surface area contributed by atoms with Gasteiger partial charge in [0.1, 0.15) is 0 Å². The molecule has 1 aromatic rings. The van der Waals surface area contributed by atoms with Gasteiger partial charge in [-0.3, -0.25) is 14.8 Å². The number of morpholine rings is 1. The van der Waals surface area contributed by atoms with Crippen LogP contribution in [0.1, 0.15) is 43.2 Å². The molecule has 0 radical (unpaired) electrons. The normalized spacial score (nSPS) is 24.0. The summed E-state index contributed by atoms with van der Waals surface area (Å²) in [4.78, 5) is 9.65. The van der Waals surface area contributed by atoms with E-state index in [-0.39, 0.29) is 24.0 Å². The number of aliphatic imine (C=N–C) groups is 1. The molecule has 4 rings (SSSR count). The lowest BCUT2D eigenvalue weighted by Gasteiger charge is -2.27. The van der Waals surface area contributed by atoms with Crippen molar-refractivity contribution in [2.45, 2.75) is 57.3 Å². The lowest BCUT2D eigenvalue weighted by Crippen LogP contribution is -2.45. The van der Waals surface area contributed by atoms with E-state index in [0.29, 0.717) is 6.04 Å². The largest absolute Gasteiger partial charge is 0.379 e. The number of nitrogens with zero attached hydrogens (tertiary/aromatic N) is 3. The molecule has 3 fully saturated rings. The molecule has 168 valence electrons. The Morgan fingerprint density at radius 1 is 1.07 bits per heavy atom. The zero-order valence-corrected chi connectivity index (χ0v) is 20.6. The Morgan fingerprint density at radius 3 is 2.53 bits per heavy atom. The Bertz CT molecular complexity index is 673. The van der Waals surface area contributed by atoms with E-state index < -0.39 is 0 Å². The van der Waals surface area contributed by atoms with Crippen LogP contribution in [0, 0.1) is 0 Å². The minimum absolute atomic E-state index is 0. The van der Waals surface area contributed by atoms with Crippen molar-refractivity contribution in [2.24, 2.45) is 4.99 Å². The summed E-state index contributed by atoms with van der Waals surface area (Å²) in [5, 5.41) is 7.21. The topological polar surface area (TPSA) is 52.1 Å². The van der Waals surface area contributed by atoms with Gasteiger partial charge < -0.3 is 15.4 Å². The van der Waals surface area contributed by atoms with E-state index in [0.717, 1.165) is 57.9 Å². The van der Waals surface area contributed by atoms with Gasteiger partial charge in [0.15, 0.2) is 5.96 Å². The van der Waals surface area contributed by atoms with E-state index in [1.165, 1.54) is 49.8 Å². The summed E-state index contributed by atoms with van der Waals surface area (Å²) in [6, 6.07) is 10.1. The van der Waals surface area contributed by atoms with Crippen molar-refractivity contribution in [3.63, 3.8) is 0 Å². The van der Waals surface area contributed by atoms with Crippen molar-refractivity contribution in [1.82, 2.24) is 20.4 Å². The van der Waals surface area contributed by atoms with Crippen LogP contribution in [0.15, 0.2) is 29.3 Å². The van der Waals surface area contributed by atoms with Gasteiger partial charge in [-0.2, -0.15) is 0 Å². The summed E-state index contributed by atoms with van der Waals surface area (Å²) in [6.45, 7) is 7.90. The van der Waals surface area contributed by atoms with Gasteiger partial charge in [-0.05, 0) is 30.4 Å². The SMILES string of the molecule is CN=C(NCc1ccccc1CN1CCOCC1)NC1CCN(C2CCCC2)C1.I. The summed E-state index contributed by atoms with van der Waals surface area (Å²) in [5.41, 5.74) is 2.74. The van der Waals surface area contributed by atoms with Crippen LogP contribution in [0.5, 0.6) is 0 Å². The lowest BCUT2D eigenvalue weighted by molar-refractivity contribution is 0.0341. The molecular weight excluding hydrogens is 489 g/mol. The molecule has 30 heavy (non-hydrogen) atoms. The van der Waals surface area contributed by atoms with Crippen molar-refractivity contribution < 1.29 is 4.74 Å². The fourth-order valence-corrected chi connectivity index (χ4v) is 4.96. The van der Waals surface area contributed by atoms with E-state index >= 15 is 0 Å². The zero-order chi connectivity index (χ0) is 19.9. The van der Waals surface area contributed by atoms with Gasteiger partial charge in [0.05, 0.1) is 13.2 Å². The lowest BCUT2D eigenvalue weighted by atomic mass is 10.1. The average Bonchev–Trinajstić information content (AvgIpc) is 3.45. The standard InChI is InChI=1S/C23H37N5O.HI/c1-24-23(26-21-10-11-28(18-21)22-8-4-5-9-22)25-16-19-6-2-3-7-20(19)17-27-12-14-29-15-13-27;/h2-3,6-7,21-22H,4-5,8-18H2,1H3,(H2,24,25,26);1H. The first-order chi connectivity index (χ1) is 14.3. The molecule has 2 saturated heterocycles. The highest BCUT2D eigenvalue weighted by Gasteiger charge is 2.30. The van der Waals surface area contributed by atoms with E-state index in [9.17, 15) is 0 Å². The predicted molar refractivity (Wildman–Crippen MR) is 134 cm³/mol. The van der Waals surface area contributed by atoms with Crippen LogP contribution in [0.4, 0.5) is 0 Å². The van der Waals surface area contributed by atoms with Crippen LogP contribution >= 0.6 is 24.0 Å². The summed E-state index contributed by atoms with van der Waals surface area (Å²) in [6.07, 6.45) is 6.81. The number of likely N-dealkylation sites (tertiary alicyclic amines) is 1. The van der Waals surface area contributed by atoms with Crippen LogP contribution in [0.2, 0.25) is 0 Å². The van der Waals surface area contributed by atoms with Crippen molar-refractivity contribution in [2.75, 3.05) is 46.4 Å². The number of rotatable bonds is 6. The fraction of sp³-hybridized carbons (Fsp3) is 0.696. The van der Waals surface area contributed by atoms with Crippen LogP contribution in [-0.4, -0.2) is 74.3 Å². The number of benzene rings is 1. The first kappa shape index (κ1) is 23.8. The smallest absolute Gasteiger partial charge is 0.191 e. The molecule has 1 aromatic carbocycles. The summed E-state index contributed by atoms with van der Waals surface area (Å²) < 4.78 is 5.48. The monoisotopic (exact) mass is 527 g/mol. The van der Waals surface area contributed by atoms with Gasteiger partial charge in [-0.25, -0.2) is 0 Å². The molecule has 6 nitrogen and oxygen atoms in total. The molecule has 1 atom stereocenters. The molecular formula is C23H38IN5O. The molecule has 1 unspecified atom stereocenters. The maximum absolute atomic E-state index is 5.48. The maximum atomic E-state index is 5.48. The van der Waals surface area contributed by atoms with Crippen LogP contribution in [-0.2, 0) is 17.8 Å². The molecule has 2 heterocycles. The summed E-state index contributed by atoms with van der Waals surface area (Å²) in [5.74, 6) is 0.921. The highest BCUT2D eigenvalue weighted by molar-refractivity contribution is 14.0. The minimum atomic E-state index is 0. The Kier molecular flexibility index (Phi) is 9.67. The summed E-state index contributed by atoms with van der Waals surface area (Å²) in [7, 11) is 1.87. The van der Waals surface area contributed by atoms with Gasteiger partial charge in [0.2, 0.25) is 0 Å². The second kappa shape index (κ2) is 12.2. The third-order valence-corrected chi connectivity index (χ3v) is 6.69. The number of hydrogen-bond acceptors (Lipinski definition) is 4. The van der Waals surface area contributed by atoms with Gasteiger partial charge >= 0.3 is 0 Å². The van der Waals surface area contributed by atoms with E-state index in [2.05, 4.69) is 49.7 Å². The molecule has 7 heteroatoms. The zero-order valence-electron chi connectivity index (χ0n) is 18.3. The average molecular weight is 527 g/mol. The number of hydrogen-bond donors (Lipinski definition) is 2. The van der Waals surface area contributed by atoms with Crippen molar-refractivity contribution in [3.8, 4) is 0 Å². The van der Waals surface area contributed by atoms with Crippen LogP contribution in [0.25, 0.3) is 0 Å². The number of guanidine groups is 1. The second-order valence-electron chi connectivity index (χ2n) is 8.65. The molecule has 0 bridgehead atoms. The minimum Gasteiger partial charge on any atom is -0.379 e. The van der Waals surface area contributed by atoms with E-state index in [1.54, 1.807) is 0 Å². The molecule has 2 aliphatic heterocycles. The number of ether oxygens (including phenoxy) is 1. The number of nitrogens with one attached hydrogen (secondary N) is 2. The van der Waals surface area contributed by atoms with Crippen molar-refractivity contribution >= 4 is 29.9 Å². The van der Waals surface area contributed by atoms with Crippen molar-refractivity contribution in [3.05, 3.63) is 35.4 Å². The molecule has 0 amide bonds. The third kappa shape index (κ3) is 6.55. The van der Waals surface area contributed by atoms with Crippen LogP contribution in [0.3, 0.4) is 0 Å². The van der Waals surface area contributed by atoms with Gasteiger partial charge in [0, 0.05) is 58.4 Å². The first-order valence-corrected chi connectivity index (χ1v) is 11.4. The van der Waals surface area contributed by atoms with Crippen molar-refractivity contribution in [1.29, 1.82) is 0 Å². The van der Waals surface area contributed by atoms with Gasteiger partial charge in [0.25, 0.3) is 0 Å². The Hall–Kier alpha value is -0.900. The van der Waals surface area contributed by atoms with Gasteiger partial charge in [-0.1, -0.05) is 37.1 Å². The second-order valence-corrected chi connectivity index (χ2v) is 8.65. The molecule has 1 aliphatic carbocycles. The maximum Gasteiger partial charge on any atom is 0.191 e.